The van der Waals surface area contributed by atoms with Crippen LogP contribution < -0.4 is 44.3 Å². The molecule has 2 aromatic rings. The van der Waals surface area contributed by atoms with Crippen LogP contribution in [0, 0.1) is 27.7 Å². The average molecular weight is 1110 g/mol. The summed E-state index contributed by atoms with van der Waals surface area (Å²) in [4.78, 5) is 35.3. The molecule has 426 valence electrons. The summed E-state index contributed by atoms with van der Waals surface area (Å²) in [5, 5.41) is 3.44. The molecular formula is C53H94N8NaO11S2-. The van der Waals surface area contributed by atoms with Crippen LogP contribution in [0.5, 0.6) is 11.5 Å². The van der Waals surface area contributed by atoms with Gasteiger partial charge in [0, 0.05) is 111 Å². The predicted octanol–water partition coefficient (Wildman–Crippen LogP) is 1.25. The fraction of sp³-hybridized carbons (Fsp3) is 0.736. The first kappa shape index (κ1) is 70.7. The fourth-order valence-electron chi connectivity index (χ4n) is 10.3. The Morgan fingerprint density at radius 1 is 0.667 bits per heavy atom. The van der Waals surface area contributed by atoms with Crippen molar-refractivity contribution in [1.82, 2.24) is 38.4 Å². The number of benzene rings is 2. The van der Waals surface area contributed by atoms with Gasteiger partial charge in [-0.15, -0.1) is 0 Å². The molecule has 0 bridgehead atoms. The molecule has 4 atom stereocenters. The number of ether oxygens (including phenoxy) is 4. The number of carbonyl (C=O) groups excluding carboxylic acids is 2. The van der Waals surface area contributed by atoms with Crippen molar-refractivity contribution in [1.29, 1.82) is 0 Å². The summed E-state index contributed by atoms with van der Waals surface area (Å²) >= 11 is 0. The molecule has 4 aliphatic rings. The molecule has 22 heteroatoms. The number of sulfonamides is 2. The van der Waals surface area contributed by atoms with Crippen LogP contribution in [0.1, 0.15) is 81.0 Å². The minimum Gasteiger partial charge on any atom is -0.870 e. The minimum absolute atomic E-state index is 0. The Kier molecular flexibility index (Phi) is 32.6. The van der Waals surface area contributed by atoms with Gasteiger partial charge in [-0.2, -0.15) is 8.61 Å². The van der Waals surface area contributed by atoms with Crippen molar-refractivity contribution in [3.8, 4) is 11.5 Å². The summed E-state index contributed by atoms with van der Waals surface area (Å²) < 4.78 is 74.9. The van der Waals surface area contributed by atoms with Crippen LogP contribution in [0.4, 0.5) is 0 Å². The Hall–Kier alpha value is -2.32. The van der Waals surface area contributed by atoms with E-state index in [1.165, 1.54) is 88.1 Å². The van der Waals surface area contributed by atoms with Gasteiger partial charge in [0.15, 0.2) is 0 Å². The number of aryl methyl sites for hydroxylation is 4. The SMILES string of the molecule is C.CN[C@H]1CCC[C@@H](N2CCN(C)CC2)C1.COc1cc(C)c(S(=O)(=O)N(C)CCOCC(=O)N(C)[C@H]2CCC[C@@H](N3CCN(C)CC3)C2)c(C)c1.COc1cc(C)c(S(=O)(=O)N(C)CCOC[C-]=O)c(C)c1.[Na+].[OH-]. The van der Waals surface area contributed by atoms with Crippen LogP contribution >= 0.6 is 0 Å². The molecule has 75 heavy (non-hydrogen) atoms. The van der Waals surface area contributed by atoms with Gasteiger partial charge in [-0.3, -0.25) is 14.6 Å². The number of rotatable bonds is 20. The van der Waals surface area contributed by atoms with E-state index in [9.17, 15) is 26.4 Å². The minimum atomic E-state index is -3.69. The zero-order valence-corrected chi connectivity index (χ0v) is 50.8. The van der Waals surface area contributed by atoms with Gasteiger partial charge in [0.2, 0.25) is 26.0 Å². The zero-order chi connectivity index (χ0) is 53.2. The fourth-order valence-corrected chi connectivity index (χ4v) is 13.5. The first-order valence-electron chi connectivity index (χ1n) is 25.7. The summed E-state index contributed by atoms with van der Waals surface area (Å²) in [7, 11) is 7.19. The van der Waals surface area contributed by atoms with E-state index < -0.39 is 20.0 Å². The summed E-state index contributed by atoms with van der Waals surface area (Å²) in [6.45, 7) is 16.9. The maximum atomic E-state index is 13.1. The molecule has 2 aliphatic carbocycles. The molecule has 0 spiro atoms. The van der Waals surface area contributed by atoms with Gasteiger partial charge in [0.25, 0.3) is 0 Å². The van der Waals surface area contributed by atoms with Crippen LogP contribution in [0.15, 0.2) is 34.1 Å². The van der Waals surface area contributed by atoms with E-state index in [4.69, 9.17) is 18.9 Å². The van der Waals surface area contributed by atoms with E-state index >= 15 is 0 Å². The van der Waals surface area contributed by atoms with Crippen LogP contribution in [0.2, 0.25) is 0 Å². The standard InChI is InChI=1S/C26H44N4O5S.C14H20NO5S.C12H25N3.CH4.Na.H2O/c1-20-16-24(34-6)17-21(2)26(20)36(32,33)28(4)14-15-35-19-25(31)29(5)22-8-7-9-23(18-22)30-12-10-27(3)11-13-30;1-11-9-13(19-4)10-12(2)14(11)21(17,18)15(3)5-7-20-8-6-16;1-13-11-4-3-5-12(10-11)15-8-6-14(2)7-9-15;;;/h16-17,22-23H,7-15,18-19H2,1-6H3;9-10H,5,7-8H2,1-4H3;11-13H,3-10H2,1-2H3;1H4;;1H2/q;-1;;;+1;/p-1/t22-,23+;;11-,12+;;;/m0.0.../s1. The third kappa shape index (κ3) is 21.0. The quantitative estimate of drug-likeness (QED) is 0.113. The molecule has 1 amide bonds. The Morgan fingerprint density at radius 2 is 1.07 bits per heavy atom. The molecule has 2 N–H and O–H groups in total. The normalized spacial score (nSPS) is 21.0. The number of hydrogen-bond acceptors (Lipinski definition) is 16. The number of amides is 1. The van der Waals surface area contributed by atoms with Crippen molar-refractivity contribution < 1.29 is 80.4 Å². The van der Waals surface area contributed by atoms with Gasteiger partial charge in [-0.25, -0.2) is 23.1 Å². The zero-order valence-electron chi connectivity index (χ0n) is 47.2. The Morgan fingerprint density at radius 3 is 1.47 bits per heavy atom. The average Bonchev–Trinajstić information content (AvgIpc) is 3.36. The summed E-state index contributed by atoms with van der Waals surface area (Å²) in [6.07, 6.45) is 11.5. The molecule has 2 aromatic carbocycles. The second-order valence-electron chi connectivity index (χ2n) is 20.0. The molecule has 0 aromatic heterocycles. The molecule has 2 aliphatic heterocycles. The largest absolute Gasteiger partial charge is 1.00 e. The smallest absolute Gasteiger partial charge is 0.870 e. The van der Waals surface area contributed by atoms with Gasteiger partial charge in [0.05, 0.1) is 37.2 Å². The van der Waals surface area contributed by atoms with Gasteiger partial charge >= 0.3 is 29.6 Å². The van der Waals surface area contributed by atoms with Gasteiger partial charge in [-0.05, 0) is 147 Å². The first-order chi connectivity index (χ1) is 34.2. The van der Waals surface area contributed by atoms with Gasteiger partial charge in [0.1, 0.15) is 18.1 Å². The first-order valence-corrected chi connectivity index (χ1v) is 28.6. The van der Waals surface area contributed by atoms with Crippen LogP contribution in [-0.4, -0.2) is 240 Å². The van der Waals surface area contributed by atoms with Crippen molar-refractivity contribution in [3.05, 3.63) is 46.5 Å². The molecule has 0 radical (unpaired) electrons. The number of likely N-dealkylation sites (N-methyl/N-ethyl adjacent to an activating group) is 5. The topological polar surface area (TPSA) is 204 Å². The summed E-state index contributed by atoms with van der Waals surface area (Å²) in [6, 6.07) is 9.20. The van der Waals surface area contributed by atoms with Gasteiger partial charge < -0.3 is 49.2 Å². The van der Waals surface area contributed by atoms with E-state index in [2.05, 4.69) is 46.1 Å². The van der Waals surface area contributed by atoms with Crippen molar-refractivity contribution in [2.24, 2.45) is 0 Å². The van der Waals surface area contributed by atoms with Crippen molar-refractivity contribution in [2.75, 3.05) is 148 Å². The molecule has 2 saturated heterocycles. The molecule has 19 nitrogen and oxygen atoms in total. The predicted molar refractivity (Wildman–Crippen MR) is 293 cm³/mol. The number of nitrogens with one attached hydrogen (secondary N) is 1. The van der Waals surface area contributed by atoms with E-state index in [1.807, 2.05) is 11.9 Å². The molecule has 4 fully saturated rings. The molecule has 2 saturated carbocycles. The van der Waals surface area contributed by atoms with Crippen molar-refractivity contribution in [3.63, 3.8) is 0 Å². The maximum Gasteiger partial charge on any atom is 1.00 e. The van der Waals surface area contributed by atoms with Crippen molar-refractivity contribution in [2.45, 2.75) is 120 Å². The Labute approximate surface area is 475 Å². The van der Waals surface area contributed by atoms with Crippen LogP contribution in [0.25, 0.3) is 0 Å². The van der Waals surface area contributed by atoms with Crippen molar-refractivity contribution >= 4 is 32.2 Å². The van der Waals surface area contributed by atoms with E-state index in [-0.39, 0.29) is 104 Å². The summed E-state index contributed by atoms with van der Waals surface area (Å²) in [5.41, 5.74) is 2.53. The second-order valence-corrected chi connectivity index (χ2v) is 24.0. The summed E-state index contributed by atoms with van der Waals surface area (Å²) in [5.74, 6) is 1.20. The molecular weight excluding hydrogens is 1010 g/mol. The van der Waals surface area contributed by atoms with Gasteiger partial charge in [-0.1, -0.05) is 13.8 Å². The third-order valence-electron chi connectivity index (χ3n) is 14.9. The number of hydrogen-bond donors (Lipinski definition) is 1. The number of methoxy groups -OCH3 is 2. The molecule has 2 heterocycles. The number of piperazine rings is 2. The molecule has 0 unspecified atom stereocenters. The Balaban J connectivity index is 0.000000611. The van der Waals surface area contributed by atoms with E-state index in [0.29, 0.717) is 39.8 Å². The van der Waals surface area contributed by atoms with E-state index in [0.717, 1.165) is 57.5 Å². The van der Waals surface area contributed by atoms with Crippen LogP contribution in [-0.2, 0) is 39.1 Å². The third-order valence-corrected chi connectivity index (χ3v) is 19.2. The maximum absolute atomic E-state index is 13.1. The number of nitrogens with zero attached hydrogens (tertiary/aromatic N) is 7. The second kappa shape index (κ2) is 34.6. The monoisotopic (exact) mass is 1110 g/mol. The molecule has 6 rings (SSSR count). The van der Waals surface area contributed by atoms with Crippen LogP contribution in [0.3, 0.4) is 0 Å². The number of carbonyl (C=O) groups is 1. The van der Waals surface area contributed by atoms with E-state index in [1.54, 1.807) is 65.4 Å². The Bertz CT molecular complexity index is 2190.